The molecule has 0 spiro atoms. The van der Waals surface area contributed by atoms with Crippen LogP contribution in [-0.2, 0) is 0 Å². The van der Waals surface area contributed by atoms with Crippen molar-refractivity contribution in [3.05, 3.63) is 72.8 Å². The second-order valence-corrected chi connectivity index (χ2v) is 8.19. The van der Waals surface area contributed by atoms with Gasteiger partial charge in [-0.05, 0) is 42.8 Å². The van der Waals surface area contributed by atoms with Gasteiger partial charge in [-0.3, -0.25) is 4.79 Å². The predicted molar refractivity (Wildman–Crippen MR) is 128 cm³/mol. The lowest BCUT2D eigenvalue weighted by Crippen LogP contribution is -2.38. The van der Waals surface area contributed by atoms with Gasteiger partial charge in [0.25, 0.3) is 5.91 Å². The lowest BCUT2D eigenvalue weighted by molar-refractivity contribution is 0.100. The number of carbonyl (C=O) groups is 2. The van der Waals surface area contributed by atoms with Crippen LogP contribution >= 0.6 is 0 Å². The molecule has 11 nitrogen and oxygen atoms in total. The number of anilines is 1. The van der Waals surface area contributed by atoms with Gasteiger partial charge in [0.2, 0.25) is 0 Å². The quantitative estimate of drug-likeness (QED) is 0.441. The first-order chi connectivity index (χ1) is 17.0. The minimum absolute atomic E-state index is 0.156. The molecule has 0 aliphatic carbocycles. The number of aromatic nitrogens is 5. The molecule has 3 N–H and O–H groups in total. The Morgan fingerprint density at radius 2 is 1.89 bits per heavy atom. The number of para-hydroxylation sites is 1. The number of ether oxygens (including phenoxy) is 1. The zero-order valence-corrected chi connectivity index (χ0v) is 19.0. The number of likely N-dealkylation sites (N-methyl/N-ethyl adjacent to an activating group) is 1. The zero-order chi connectivity index (χ0) is 24.4. The number of carbonyl (C=O) groups excluding carboxylic acids is 2. The molecule has 0 saturated heterocycles. The largest absolute Gasteiger partial charge is 0.457 e. The fourth-order valence-corrected chi connectivity index (χ4v) is 4.13. The summed E-state index contributed by atoms with van der Waals surface area (Å²) >= 11 is 0. The summed E-state index contributed by atoms with van der Waals surface area (Å²) in [6, 6.07) is 16.3. The first-order valence-electron chi connectivity index (χ1n) is 11.1. The molecule has 35 heavy (non-hydrogen) atoms. The third-order valence-electron chi connectivity index (χ3n) is 5.81. The van der Waals surface area contributed by atoms with Crippen molar-refractivity contribution in [3.63, 3.8) is 0 Å². The van der Waals surface area contributed by atoms with E-state index in [0.29, 0.717) is 42.3 Å². The molecule has 0 fully saturated rings. The van der Waals surface area contributed by atoms with E-state index in [0.717, 1.165) is 11.3 Å². The van der Waals surface area contributed by atoms with Crippen molar-refractivity contribution in [1.29, 1.82) is 0 Å². The van der Waals surface area contributed by atoms with Gasteiger partial charge in [-0.25, -0.2) is 14.5 Å². The highest BCUT2D eigenvalue weighted by atomic mass is 16.5. The summed E-state index contributed by atoms with van der Waals surface area (Å²) < 4.78 is 8.78. The average molecular weight is 473 g/mol. The molecule has 178 valence electrons. The molecular weight excluding hydrogens is 448 g/mol. The van der Waals surface area contributed by atoms with Gasteiger partial charge in [0.05, 0.1) is 6.04 Å². The summed E-state index contributed by atoms with van der Waals surface area (Å²) in [4.78, 5) is 30.4. The van der Waals surface area contributed by atoms with Crippen LogP contribution in [0.15, 0.2) is 67.3 Å². The molecule has 5 rings (SSSR count). The highest BCUT2D eigenvalue weighted by Gasteiger charge is 2.31. The first-order valence-corrected chi connectivity index (χ1v) is 11.1. The van der Waals surface area contributed by atoms with Gasteiger partial charge in [0.1, 0.15) is 41.2 Å². The fraction of sp³-hybridized carbons (Fsp3) is 0.208. The Labute approximate surface area is 201 Å². The molecule has 1 unspecified atom stereocenters. The molecule has 3 heterocycles. The van der Waals surface area contributed by atoms with Gasteiger partial charge in [0, 0.05) is 25.7 Å². The van der Waals surface area contributed by atoms with Crippen LogP contribution in [-0.4, -0.2) is 61.5 Å². The van der Waals surface area contributed by atoms with Crippen LogP contribution in [0.5, 0.6) is 11.5 Å². The Bertz CT molecular complexity index is 1330. The molecule has 1 atom stereocenters. The number of nitrogens with two attached hydrogens (primary N) is 1. The molecule has 4 aromatic rings. The summed E-state index contributed by atoms with van der Waals surface area (Å²) in [7, 11) is 1.69. The highest BCUT2D eigenvalue weighted by molar-refractivity contribution is 6.03. The van der Waals surface area contributed by atoms with Gasteiger partial charge in [-0.2, -0.15) is 14.9 Å². The highest BCUT2D eigenvalue weighted by Crippen LogP contribution is 2.35. The van der Waals surface area contributed by atoms with Crippen LogP contribution in [0.25, 0.3) is 11.3 Å². The third-order valence-corrected chi connectivity index (χ3v) is 5.81. The Balaban J connectivity index is 1.42. The Morgan fingerprint density at radius 1 is 1.14 bits per heavy atom. The van der Waals surface area contributed by atoms with E-state index < -0.39 is 5.91 Å². The number of hydrogen-bond donors (Lipinski definition) is 2. The number of benzene rings is 2. The van der Waals surface area contributed by atoms with Gasteiger partial charge >= 0.3 is 6.03 Å². The second kappa shape index (κ2) is 9.29. The second-order valence-electron chi connectivity index (χ2n) is 8.19. The van der Waals surface area contributed by atoms with Crippen molar-refractivity contribution >= 4 is 17.8 Å². The molecule has 2 aromatic carbocycles. The molecular formula is C24H24N8O3. The first kappa shape index (κ1) is 22.1. The van der Waals surface area contributed by atoms with Crippen LogP contribution in [0.2, 0.25) is 0 Å². The van der Waals surface area contributed by atoms with Crippen LogP contribution in [0, 0.1) is 0 Å². The smallest absolute Gasteiger partial charge is 0.345 e. The molecule has 0 saturated carbocycles. The van der Waals surface area contributed by atoms with Crippen molar-refractivity contribution in [2.75, 3.05) is 25.5 Å². The van der Waals surface area contributed by atoms with Crippen molar-refractivity contribution in [1.82, 2.24) is 29.4 Å². The number of nitrogens with one attached hydrogen (secondary N) is 1. The van der Waals surface area contributed by atoms with E-state index in [-0.39, 0.29) is 12.1 Å². The summed E-state index contributed by atoms with van der Waals surface area (Å²) in [6.45, 7) is 0.988. The molecule has 2 amide bonds. The summed E-state index contributed by atoms with van der Waals surface area (Å²) in [5.74, 6) is 1.36. The molecule has 0 bridgehead atoms. The topological polar surface area (TPSA) is 133 Å². The van der Waals surface area contributed by atoms with E-state index in [9.17, 15) is 9.59 Å². The van der Waals surface area contributed by atoms with E-state index in [1.165, 1.54) is 17.3 Å². The van der Waals surface area contributed by atoms with E-state index in [4.69, 9.17) is 15.6 Å². The van der Waals surface area contributed by atoms with Gasteiger partial charge in [0.15, 0.2) is 0 Å². The molecule has 11 heteroatoms. The number of nitrogens with zero attached hydrogens (tertiary/aromatic N) is 6. The lowest BCUT2D eigenvalue weighted by Gasteiger charge is -2.29. The minimum atomic E-state index is -0.578. The van der Waals surface area contributed by atoms with E-state index in [1.54, 1.807) is 16.6 Å². The average Bonchev–Trinajstić information content (AvgIpc) is 3.54. The van der Waals surface area contributed by atoms with Crippen LogP contribution in [0.1, 0.15) is 22.8 Å². The fourth-order valence-electron chi connectivity index (χ4n) is 4.13. The number of primary amides is 1. The van der Waals surface area contributed by atoms with Gasteiger partial charge in [-0.15, -0.1) is 0 Å². The Kier molecular flexibility index (Phi) is 5.88. The zero-order valence-electron chi connectivity index (χ0n) is 19.0. The summed E-state index contributed by atoms with van der Waals surface area (Å²) in [5, 5.41) is 11.9. The molecule has 0 radical (unpaired) electrons. The maximum atomic E-state index is 12.6. The molecule has 2 aromatic heterocycles. The van der Waals surface area contributed by atoms with E-state index in [1.807, 2.05) is 54.6 Å². The number of hydrogen-bond acceptors (Lipinski definition) is 7. The van der Waals surface area contributed by atoms with Crippen LogP contribution in [0.3, 0.4) is 0 Å². The summed E-state index contributed by atoms with van der Waals surface area (Å²) in [6.07, 6.45) is 3.38. The maximum absolute atomic E-state index is 12.6. The monoisotopic (exact) mass is 472 g/mol. The number of fused-ring (bicyclic) bond motifs is 1. The SMILES string of the molecule is CN(CC1CCNc2c(C(N)=O)c(-c3ccc(Oc4ccccc4)cc3)nn21)C(=O)n1cncn1. The predicted octanol–water partition coefficient (Wildman–Crippen LogP) is 2.99. The standard InChI is InChI=1S/C24H24N8O3/c1-30(24(34)31-15-26-14-28-31)13-17-11-12-27-23-20(22(25)33)21(29-32(17)23)16-7-9-19(10-8-16)35-18-5-3-2-4-6-18/h2-10,14-15,17,27H,11-13H2,1H3,(H2,25,33). The van der Waals surface area contributed by atoms with Crippen LogP contribution in [0.4, 0.5) is 10.6 Å². The molecule has 1 aliphatic rings. The third kappa shape index (κ3) is 4.43. The maximum Gasteiger partial charge on any atom is 0.345 e. The van der Waals surface area contributed by atoms with Crippen molar-refractivity contribution in [3.8, 4) is 22.8 Å². The van der Waals surface area contributed by atoms with E-state index >= 15 is 0 Å². The van der Waals surface area contributed by atoms with Crippen molar-refractivity contribution < 1.29 is 14.3 Å². The minimum Gasteiger partial charge on any atom is -0.457 e. The summed E-state index contributed by atoms with van der Waals surface area (Å²) in [5.41, 5.74) is 7.29. The normalized spacial score (nSPS) is 14.6. The van der Waals surface area contributed by atoms with Gasteiger partial charge in [-0.1, -0.05) is 18.2 Å². The Hall–Kier alpha value is -4.67. The lowest BCUT2D eigenvalue weighted by atomic mass is 10.1. The number of amides is 2. The number of rotatable bonds is 6. The van der Waals surface area contributed by atoms with Crippen molar-refractivity contribution in [2.24, 2.45) is 5.73 Å². The Morgan fingerprint density at radius 3 is 2.57 bits per heavy atom. The van der Waals surface area contributed by atoms with Crippen LogP contribution < -0.4 is 15.8 Å². The molecule has 1 aliphatic heterocycles. The van der Waals surface area contributed by atoms with Crippen molar-refractivity contribution in [2.45, 2.75) is 12.5 Å². The van der Waals surface area contributed by atoms with Gasteiger partial charge < -0.3 is 20.7 Å². The van der Waals surface area contributed by atoms with E-state index in [2.05, 4.69) is 15.4 Å².